The lowest BCUT2D eigenvalue weighted by atomic mass is 10.2. The van der Waals surface area contributed by atoms with E-state index in [9.17, 15) is 0 Å². The van der Waals surface area contributed by atoms with E-state index in [-0.39, 0.29) is 0 Å². The lowest BCUT2D eigenvalue weighted by Crippen LogP contribution is -2.00. The van der Waals surface area contributed by atoms with E-state index in [1.54, 1.807) is 0 Å². The largest absolute Gasteiger partial charge is 0.366 e. The first-order valence-electron chi connectivity index (χ1n) is 5.74. The van der Waals surface area contributed by atoms with E-state index >= 15 is 0 Å². The summed E-state index contributed by atoms with van der Waals surface area (Å²) in [7, 11) is 0. The van der Waals surface area contributed by atoms with Gasteiger partial charge in [0.05, 0.1) is 0 Å². The van der Waals surface area contributed by atoms with Crippen molar-refractivity contribution in [3.05, 3.63) is 59.2 Å². The first-order valence-corrected chi connectivity index (χ1v) is 6.11. The van der Waals surface area contributed by atoms with Crippen LogP contribution < -0.4 is 5.32 Å². The molecule has 2 heterocycles. The summed E-state index contributed by atoms with van der Waals surface area (Å²) in [6.07, 6.45) is 1.89. The van der Waals surface area contributed by atoms with Crippen molar-refractivity contribution >= 4 is 28.5 Å². The molecule has 0 aliphatic carbocycles. The molecule has 3 nitrogen and oxygen atoms in total. The molecular formula is C14H12ClN3. The van der Waals surface area contributed by atoms with Gasteiger partial charge < -0.3 is 10.3 Å². The van der Waals surface area contributed by atoms with Gasteiger partial charge >= 0.3 is 0 Å². The second-order valence-corrected chi connectivity index (χ2v) is 4.53. The lowest BCUT2D eigenvalue weighted by Gasteiger charge is -2.05. The Bertz CT molecular complexity index is 658. The summed E-state index contributed by atoms with van der Waals surface area (Å²) in [6.45, 7) is 0.733. The molecule has 2 N–H and O–H groups in total. The van der Waals surface area contributed by atoms with Crippen molar-refractivity contribution in [2.24, 2.45) is 0 Å². The summed E-state index contributed by atoms with van der Waals surface area (Å²) < 4.78 is 0. The minimum atomic E-state index is 0.733. The highest BCUT2D eigenvalue weighted by Crippen LogP contribution is 2.15. The molecule has 2 aromatic heterocycles. The van der Waals surface area contributed by atoms with Gasteiger partial charge in [0, 0.05) is 23.2 Å². The number of aromatic amines is 1. The topological polar surface area (TPSA) is 40.7 Å². The van der Waals surface area contributed by atoms with E-state index in [4.69, 9.17) is 11.6 Å². The fraction of sp³-hybridized carbons (Fsp3) is 0.0714. The Kier molecular flexibility index (Phi) is 2.90. The van der Waals surface area contributed by atoms with Gasteiger partial charge in [-0.1, -0.05) is 23.7 Å². The molecule has 0 radical (unpaired) electrons. The molecule has 3 rings (SSSR count). The average molecular weight is 258 g/mol. The van der Waals surface area contributed by atoms with Gasteiger partial charge in [-0.15, -0.1) is 0 Å². The maximum Gasteiger partial charge on any atom is 0.139 e. The summed E-state index contributed by atoms with van der Waals surface area (Å²) in [5, 5.41) is 5.16. The summed E-state index contributed by atoms with van der Waals surface area (Å²) in [4.78, 5) is 7.57. The van der Waals surface area contributed by atoms with Crippen LogP contribution in [0, 0.1) is 0 Å². The van der Waals surface area contributed by atoms with Gasteiger partial charge in [-0.2, -0.15) is 0 Å². The van der Waals surface area contributed by atoms with Gasteiger partial charge in [0.15, 0.2) is 0 Å². The van der Waals surface area contributed by atoms with Crippen LogP contribution in [0.3, 0.4) is 0 Å². The molecule has 0 saturated heterocycles. The zero-order valence-electron chi connectivity index (χ0n) is 9.65. The monoisotopic (exact) mass is 257 g/mol. The standard InChI is InChI=1S/C14H12ClN3/c15-12-4-1-10(2-5-12)9-17-13-6-3-11-7-8-16-14(11)18-13/h1-8H,9H2,(H2,16,17,18). The number of anilines is 1. The maximum absolute atomic E-state index is 5.84. The van der Waals surface area contributed by atoms with E-state index in [1.165, 1.54) is 5.56 Å². The van der Waals surface area contributed by atoms with Crippen LogP contribution >= 0.6 is 11.6 Å². The van der Waals surface area contributed by atoms with Crippen molar-refractivity contribution in [2.45, 2.75) is 6.54 Å². The number of pyridine rings is 1. The van der Waals surface area contributed by atoms with E-state index in [1.807, 2.05) is 48.7 Å². The number of H-pyrrole nitrogens is 1. The molecule has 0 unspecified atom stereocenters. The Hall–Kier alpha value is -2.00. The van der Waals surface area contributed by atoms with Gasteiger partial charge in [0.1, 0.15) is 11.5 Å². The minimum Gasteiger partial charge on any atom is -0.366 e. The van der Waals surface area contributed by atoms with Gasteiger partial charge in [-0.25, -0.2) is 4.98 Å². The van der Waals surface area contributed by atoms with Crippen molar-refractivity contribution in [3.8, 4) is 0 Å². The van der Waals surface area contributed by atoms with Gasteiger partial charge in [0.25, 0.3) is 0 Å². The van der Waals surface area contributed by atoms with Crippen LogP contribution in [0.15, 0.2) is 48.7 Å². The molecule has 0 aliphatic heterocycles. The third kappa shape index (κ3) is 2.31. The Morgan fingerprint density at radius 3 is 2.72 bits per heavy atom. The predicted octanol–water partition coefficient (Wildman–Crippen LogP) is 3.83. The predicted molar refractivity (Wildman–Crippen MR) is 74.9 cm³/mol. The zero-order valence-corrected chi connectivity index (χ0v) is 10.4. The first-order chi connectivity index (χ1) is 8.81. The summed E-state index contributed by atoms with van der Waals surface area (Å²) in [5.41, 5.74) is 2.07. The van der Waals surface area contributed by atoms with Crippen LogP contribution in [0.25, 0.3) is 11.0 Å². The van der Waals surface area contributed by atoms with Crippen molar-refractivity contribution in [1.29, 1.82) is 0 Å². The van der Waals surface area contributed by atoms with Crippen molar-refractivity contribution in [3.63, 3.8) is 0 Å². The van der Waals surface area contributed by atoms with Crippen molar-refractivity contribution < 1.29 is 0 Å². The van der Waals surface area contributed by atoms with Gasteiger partial charge in [-0.3, -0.25) is 0 Å². The second-order valence-electron chi connectivity index (χ2n) is 4.09. The number of nitrogens with zero attached hydrogens (tertiary/aromatic N) is 1. The summed E-state index contributed by atoms with van der Waals surface area (Å²) in [6, 6.07) is 13.8. The molecule has 0 saturated carbocycles. The quantitative estimate of drug-likeness (QED) is 0.749. The average Bonchev–Trinajstić information content (AvgIpc) is 2.85. The zero-order chi connectivity index (χ0) is 12.4. The highest BCUT2D eigenvalue weighted by atomic mass is 35.5. The fourth-order valence-electron chi connectivity index (χ4n) is 1.82. The van der Waals surface area contributed by atoms with Crippen LogP contribution in [0.2, 0.25) is 5.02 Å². The molecule has 0 fully saturated rings. The van der Waals surface area contributed by atoms with E-state index in [2.05, 4.69) is 15.3 Å². The number of hydrogen-bond acceptors (Lipinski definition) is 2. The molecule has 0 aliphatic rings. The van der Waals surface area contributed by atoms with Gasteiger partial charge in [0.2, 0.25) is 0 Å². The number of halogens is 1. The van der Waals surface area contributed by atoms with Crippen LogP contribution in [-0.4, -0.2) is 9.97 Å². The lowest BCUT2D eigenvalue weighted by molar-refractivity contribution is 1.12. The number of nitrogens with one attached hydrogen (secondary N) is 2. The molecule has 4 heteroatoms. The van der Waals surface area contributed by atoms with E-state index in [0.717, 1.165) is 28.4 Å². The van der Waals surface area contributed by atoms with E-state index < -0.39 is 0 Å². The minimum absolute atomic E-state index is 0.733. The summed E-state index contributed by atoms with van der Waals surface area (Å²) >= 11 is 5.84. The molecular weight excluding hydrogens is 246 g/mol. The molecule has 3 aromatic rings. The second kappa shape index (κ2) is 4.70. The third-order valence-corrected chi connectivity index (χ3v) is 3.05. The van der Waals surface area contributed by atoms with Crippen LogP contribution in [0.4, 0.5) is 5.82 Å². The molecule has 0 atom stereocenters. The summed E-state index contributed by atoms with van der Waals surface area (Å²) in [5.74, 6) is 0.861. The van der Waals surface area contributed by atoms with Crippen molar-refractivity contribution in [2.75, 3.05) is 5.32 Å². The number of fused-ring (bicyclic) bond motifs is 1. The van der Waals surface area contributed by atoms with Crippen LogP contribution in [0.5, 0.6) is 0 Å². The van der Waals surface area contributed by atoms with Crippen LogP contribution in [0.1, 0.15) is 5.56 Å². The molecule has 0 bridgehead atoms. The number of benzene rings is 1. The van der Waals surface area contributed by atoms with E-state index in [0.29, 0.717) is 0 Å². The Morgan fingerprint density at radius 2 is 1.89 bits per heavy atom. The highest BCUT2D eigenvalue weighted by molar-refractivity contribution is 6.30. The highest BCUT2D eigenvalue weighted by Gasteiger charge is 1.99. The third-order valence-electron chi connectivity index (χ3n) is 2.80. The number of rotatable bonds is 3. The Morgan fingerprint density at radius 1 is 1.06 bits per heavy atom. The first kappa shape index (κ1) is 11.1. The van der Waals surface area contributed by atoms with Gasteiger partial charge in [-0.05, 0) is 35.9 Å². The fourth-order valence-corrected chi connectivity index (χ4v) is 1.95. The number of aromatic nitrogens is 2. The SMILES string of the molecule is Clc1ccc(CNc2ccc3cc[nH]c3n2)cc1. The Balaban J connectivity index is 1.74. The normalized spacial score (nSPS) is 10.7. The maximum atomic E-state index is 5.84. The number of hydrogen-bond donors (Lipinski definition) is 2. The Labute approximate surface area is 110 Å². The van der Waals surface area contributed by atoms with Crippen molar-refractivity contribution in [1.82, 2.24) is 9.97 Å². The molecule has 90 valence electrons. The molecule has 0 spiro atoms. The molecule has 1 aromatic carbocycles. The smallest absolute Gasteiger partial charge is 0.139 e. The molecule has 0 amide bonds. The van der Waals surface area contributed by atoms with Crippen LogP contribution in [-0.2, 0) is 6.54 Å². The molecule has 18 heavy (non-hydrogen) atoms.